The Morgan fingerprint density at radius 3 is 1.97 bits per heavy atom. The third-order valence-corrected chi connectivity index (χ3v) is 5.35. The highest BCUT2D eigenvalue weighted by Gasteiger charge is 2.15. The van der Waals surface area contributed by atoms with Crippen LogP contribution in [0.1, 0.15) is 16.7 Å². The van der Waals surface area contributed by atoms with Crippen molar-refractivity contribution in [2.75, 3.05) is 27.2 Å². The van der Waals surface area contributed by atoms with E-state index in [1.807, 2.05) is 50.5 Å². The van der Waals surface area contributed by atoms with Crippen molar-refractivity contribution < 1.29 is 4.74 Å². The highest BCUT2D eigenvalue weighted by molar-refractivity contribution is 8.06. The van der Waals surface area contributed by atoms with Crippen molar-refractivity contribution in [3.63, 3.8) is 0 Å². The van der Waals surface area contributed by atoms with Crippen LogP contribution in [0.3, 0.4) is 0 Å². The minimum Gasteiger partial charge on any atom is -0.492 e. The predicted octanol–water partition coefficient (Wildman–Crippen LogP) is 4.16. The zero-order valence-electron chi connectivity index (χ0n) is 17.3. The van der Waals surface area contributed by atoms with E-state index in [2.05, 4.69) is 63.8 Å². The fraction of sp³-hybridized carbons (Fsp3) is 0.167. The third kappa shape index (κ3) is 6.19. The molecule has 30 heavy (non-hydrogen) atoms. The smallest absolute Gasteiger partial charge is 0.119 e. The van der Waals surface area contributed by atoms with Gasteiger partial charge in [-0.2, -0.15) is 10.4 Å². The Balaban J connectivity index is 2.03. The molecule has 6 heteroatoms. The molecule has 0 radical (unpaired) electrons. The van der Waals surface area contributed by atoms with E-state index in [0.29, 0.717) is 6.61 Å². The average molecular weight is 421 g/mol. The maximum Gasteiger partial charge on any atom is 0.119 e. The van der Waals surface area contributed by atoms with Crippen molar-refractivity contribution in [2.45, 2.75) is 0 Å². The Kier molecular flexibility index (Phi) is 8.50. The zero-order chi connectivity index (χ0) is 21.2. The summed E-state index contributed by atoms with van der Waals surface area (Å²) in [4.78, 5) is 6.15. The van der Waals surface area contributed by atoms with Gasteiger partial charge in [0.15, 0.2) is 0 Å². The number of benzene rings is 3. The van der Waals surface area contributed by atoms with E-state index in [-0.39, 0.29) is 0 Å². The molecule has 0 aliphatic carbocycles. The van der Waals surface area contributed by atoms with Crippen LogP contribution in [0.4, 0.5) is 0 Å². The first-order valence-corrected chi connectivity index (χ1v) is 10.6. The Morgan fingerprint density at radius 2 is 1.40 bits per heavy atom. The van der Waals surface area contributed by atoms with Gasteiger partial charge in [-0.15, -0.1) is 0 Å². The summed E-state index contributed by atoms with van der Waals surface area (Å²) >= 11 is 1.45. The zero-order valence-corrected chi connectivity index (χ0v) is 18.2. The molecule has 0 heterocycles. The summed E-state index contributed by atoms with van der Waals surface area (Å²) in [6.07, 6.45) is 0. The molecule has 0 saturated heterocycles. The topological polar surface area (TPSA) is 62.5 Å². The van der Waals surface area contributed by atoms with Crippen molar-refractivity contribution in [3.05, 3.63) is 102 Å². The number of hydrogen-bond acceptors (Lipinski definition) is 6. The van der Waals surface area contributed by atoms with Crippen LogP contribution in [-0.2, 0) is 0 Å². The minimum atomic E-state index is 0.658. The monoisotopic (exact) mass is 420 g/mol. The number of nitrogens with two attached hydrogens (primary N) is 1. The normalized spacial score (nSPS) is 12.0. The summed E-state index contributed by atoms with van der Waals surface area (Å²) < 4.78 is 5.87. The predicted molar refractivity (Wildman–Crippen MR) is 127 cm³/mol. The summed E-state index contributed by atoms with van der Waals surface area (Å²) in [5.74, 6) is 6.36. The summed E-state index contributed by atoms with van der Waals surface area (Å²) in [5, 5.41) is 0. The van der Waals surface area contributed by atoms with Crippen LogP contribution in [0.15, 0.2) is 84.9 Å². The second kappa shape index (κ2) is 11.5. The molecule has 3 aromatic carbocycles. The molecule has 0 spiro atoms. The largest absolute Gasteiger partial charge is 0.492 e. The summed E-state index contributed by atoms with van der Waals surface area (Å²) in [7, 11) is 4.08. The van der Waals surface area contributed by atoms with E-state index in [1.165, 1.54) is 11.9 Å². The lowest BCUT2D eigenvalue weighted by molar-refractivity contribution is 0.261. The van der Waals surface area contributed by atoms with Gasteiger partial charge in [0, 0.05) is 17.0 Å². The third-order valence-electron chi connectivity index (χ3n) is 4.49. The van der Waals surface area contributed by atoms with Gasteiger partial charge in [-0.1, -0.05) is 72.8 Å². The first kappa shape index (κ1) is 22.1. The van der Waals surface area contributed by atoms with Crippen LogP contribution in [0, 0.1) is 0 Å². The fourth-order valence-corrected chi connectivity index (χ4v) is 3.77. The number of rotatable bonds is 10. The molecular weight excluding hydrogens is 392 g/mol. The maximum atomic E-state index is 5.87. The van der Waals surface area contributed by atoms with Gasteiger partial charge in [-0.05, 0) is 54.9 Å². The standard InChI is InChI=1S/C24H28N4OS/c1-28(2)17-18-29-22-15-13-20(14-16-22)23(19-9-5-3-6-10-19)24(30-27-26-25)21-11-7-4-8-12-21/h3-16,26-27H,17-18,25H2,1-2H3/b24-23+. The Morgan fingerprint density at radius 1 is 0.833 bits per heavy atom. The summed E-state index contributed by atoms with van der Waals surface area (Å²) in [6.45, 7) is 1.54. The average Bonchev–Trinajstić information content (AvgIpc) is 2.78. The van der Waals surface area contributed by atoms with Gasteiger partial charge in [0.05, 0.1) is 0 Å². The van der Waals surface area contributed by atoms with E-state index in [1.54, 1.807) is 0 Å². The number of nitrogens with one attached hydrogen (secondary N) is 2. The maximum absolute atomic E-state index is 5.87. The molecule has 0 aromatic heterocycles. The highest BCUT2D eigenvalue weighted by Crippen LogP contribution is 2.38. The van der Waals surface area contributed by atoms with Crippen LogP contribution < -0.4 is 20.9 Å². The van der Waals surface area contributed by atoms with E-state index in [9.17, 15) is 0 Å². The van der Waals surface area contributed by atoms with Crippen molar-refractivity contribution in [2.24, 2.45) is 5.84 Å². The SMILES string of the molecule is CN(C)CCOc1ccc(/C(=C(/SNNN)c2ccccc2)c2ccccc2)cc1. The molecule has 0 bridgehead atoms. The first-order chi connectivity index (χ1) is 14.7. The van der Waals surface area contributed by atoms with Crippen LogP contribution >= 0.6 is 11.9 Å². The van der Waals surface area contributed by atoms with Crippen molar-refractivity contribution in [1.82, 2.24) is 15.3 Å². The Hall–Kier alpha value is -2.61. The summed E-state index contributed by atoms with van der Waals surface area (Å²) in [6, 6.07) is 28.9. The Bertz CT molecular complexity index is 928. The van der Waals surface area contributed by atoms with Crippen molar-refractivity contribution in [1.29, 1.82) is 0 Å². The molecule has 0 unspecified atom stereocenters. The molecule has 156 valence electrons. The quantitative estimate of drug-likeness (QED) is 0.198. The van der Waals surface area contributed by atoms with Gasteiger partial charge in [0.1, 0.15) is 12.4 Å². The minimum absolute atomic E-state index is 0.658. The molecule has 0 saturated carbocycles. The van der Waals surface area contributed by atoms with Crippen molar-refractivity contribution >= 4 is 22.4 Å². The molecule has 0 fully saturated rings. The Labute approximate surface area is 183 Å². The van der Waals surface area contributed by atoms with E-state index in [4.69, 9.17) is 10.6 Å². The van der Waals surface area contributed by atoms with E-state index in [0.717, 1.165) is 39.5 Å². The lowest BCUT2D eigenvalue weighted by Gasteiger charge is -2.17. The van der Waals surface area contributed by atoms with Gasteiger partial charge in [0.25, 0.3) is 0 Å². The highest BCUT2D eigenvalue weighted by atomic mass is 32.2. The molecule has 5 nitrogen and oxygen atoms in total. The van der Waals surface area contributed by atoms with Crippen LogP contribution in [0.25, 0.3) is 10.5 Å². The number of likely N-dealkylation sites (N-methyl/N-ethyl adjacent to an activating group) is 1. The molecule has 3 aromatic rings. The van der Waals surface area contributed by atoms with Crippen LogP contribution in [0.5, 0.6) is 5.75 Å². The number of hydrogen-bond donors (Lipinski definition) is 3. The van der Waals surface area contributed by atoms with Gasteiger partial charge < -0.3 is 9.64 Å². The van der Waals surface area contributed by atoms with Gasteiger partial charge in [-0.25, -0.2) is 0 Å². The molecule has 0 atom stereocenters. The second-order valence-electron chi connectivity index (χ2n) is 6.96. The number of hydrazine groups is 2. The molecule has 0 aliphatic heterocycles. The summed E-state index contributed by atoms with van der Waals surface area (Å²) in [5.41, 5.74) is 6.98. The molecule has 3 rings (SSSR count). The first-order valence-electron chi connectivity index (χ1n) is 9.79. The molecule has 0 aliphatic rings. The molecule has 0 amide bonds. The van der Waals surface area contributed by atoms with Gasteiger partial charge in [-0.3, -0.25) is 5.84 Å². The van der Waals surface area contributed by atoms with E-state index >= 15 is 0 Å². The van der Waals surface area contributed by atoms with Crippen LogP contribution in [0.2, 0.25) is 0 Å². The fourth-order valence-electron chi connectivity index (χ4n) is 3.02. The van der Waals surface area contributed by atoms with Gasteiger partial charge in [0.2, 0.25) is 0 Å². The second-order valence-corrected chi connectivity index (χ2v) is 7.78. The number of ether oxygens (including phenoxy) is 1. The van der Waals surface area contributed by atoms with E-state index < -0.39 is 0 Å². The molecular formula is C24H28N4OS. The van der Waals surface area contributed by atoms with Gasteiger partial charge >= 0.3 is 0 Å². The lowest BCUT2D eigenvalue weighted by atomic mass is 9.95. The van der Waals surface area contributed by atoms with Crippen molar-refractivity contribution in [3.8, 4) is 5.75 Å². The molecule has 4 N–H and O–H groups in total. The lowest BCUT2D eigenvalue weighted by Crippen LogP contribution is -2.32. The number of nitrogens with zero attached hydrogens (tertiary/aromatic N) is 1. The van der Waals surface area contributed by atoms with Crippen LogP contribution in [-0.4, -0.2) is 32.1 Å².